The van der Waals surface area contributed by atoms with Crippen LogP contribution in [0.2, 0.25) is 0 Å². The van der Waals surface area contributed by atoms with Gasteiger partial charge >= 0.3 is 0 Å². The monoisotopic (exact) mass is 369 g/mol. The summed E-state index contributed by atoms with van der Waals surface area (Å²) in [6.45, 7) is 3.78. The minimum atomic E-state index is -3.77. The Morgan fingerprint density at radius 3 is 2.60 bits per heavy atom. The van der Waals surface area contributed by atoms with Crippen LogP contribution in [0.5, 0.6) is 0 Å². The molecule has 0 aromatic heterocycles. The second-order valence-corrected chi connectivity index (χ2v) is 8.77. The van der Waals surface area contributed by atoms with Crippen LogP contribution in [0.15, 0.2) is 58.3 Å². The van der Waals surface area contributed by atoms with E-state index in [4.69, 9.17) is 0 Å². The number of sulfonamides is 1. The molecule has 126 valence electrons. The van der Waals surface area contributed by atoms with Gasteiger partial charge in [-0.25, -0.2) is 8.42 Å². The number of hydrogen-bond acceptors (Lipinski definition) is 4. The molecule has 1 N–H and O–H groups in total. The topological polar surface area (TPSA) is 63.2 Å². The van der Waals surface area contributed by atoms with E-state index < -0.39 is 10.0 Å². The van der Waals surface area contributed by atoms with Gasteiger partial charge in [-0.1, -0.05) is 24.3 Å². The van der Waals surface area contributed by atoms with E-state index in [0.717, 1.165) is 33.2 Å². The van der Waals surface area contributed by atoms with Gasteiger partial charge in [0.15, 0.2) is 0 Å². The Hall–Kier alpha value is -2.31. The van der Waals surface area contributed by atoms with Gasteiger partial charge < -0.3 is 0 Å². The van der Waals surface area contributed by atoms with Crippen LogP contribution in [-0.4, -0.2) is 13.5 Å². The first kappa shape index (κ1) is 16.2. The van der Waals surface area contributed by atoms with Crippen molar-refractivity contribution in [3.8, 4) is 0 Å². The molecule has 25 heavy (non-hydrogen) atoms. The van der Waals surface area contributed by atoms with E-state index in [0.29, 0.717) is 16.6 Å². The molecule has 0 saturated heterocycles. The molecular formula is C19H15NO3S2. The van der Waals surface area contributed by atoms with Crippen molar-refractivity contribution in [1.82, 2.24) is 0 Å². The molecule has 4 nitrogen and oxygen atoms in total. The number of thioether (sulfide) groups is 1. The lowest BCUT2D eigenvalue weighted by molar-refractivity contribution is 0.109. The standard InChI is InChI=1S/C19H15NO3S2/c1-11-6-7-12(2)15(10-11)20-25(22,23)17-9-8-16-18-13(17)4-3-5-14(18)19(21)24-16/h3-10,20H,1-2H3. The number of nitrogens with one attached hydrogen (secondary N) is 1. The number of benzene rings is 3. The lowest BCUT2D eigenvalue weighted by atomic mass is 10.1. The third-order valence-electron chi connectivity index (χ3n) is 4.31. The zero-order chi connectivity index (χ0) is 17.8. The smallest absolute Gasteiger partial charge is 0.262 e. The normalized spacial score (nSPS) is 13.4. The van der Waals surface area contributed by atoms with Gasteiger partial charge in [0.2, 0.25) is 5.12 Å². The zero-order valence-corrected chi connectivity index (χ0v) is 15.3. The third kappa shape index (κ3) is 2.62. The molecule has 0 bridgehead atoms. The van der Waals surface area contributed by atoms with Crippen molar-refractivity contribution in [3.05, 3.63) is 65.2 Å². The highest BCUT2D eigenvalue weighted by atomic mass is 32.2. The molecule has 3 aromatic rings. The molecule has 1 heterocycles. The number of rotatable bonds is 3. The Labute approximate surface area is 150 Å². The van der Waals surface area contributed by atoms with Crippen molar-refractivity contribution in [2.75, 3.05) is 4.72 Å². The molecule has 0 fully saturated rings. The van der Waals surface area contributed by atoms with Crippen molar-refractivity contribution in [1.29, 1.82) is 0 Å². The molecule has 6 heteroatoms. The summed E-state index contributed by atoms with van der Waals surface area (Å²) in [7, 11) is -3.77. The van der Waals surface area contributed by atoms with Crippen LogP contribution in [0, 0.1) is 13.8 Å². The molecule has 0 aliphatic carbocycles. The van der Waals surface area contributed by atoms with E-state index in [1.807, 2.05) is 32.0 Å². The second-order valence-electron chi connectivity index (χ2n) is 6.10. The highest BCUT2D eigenvalue weighted by Crippen LogP contribution is 2.42. The van der Waals surface area contributed by atoms with Gasteiger partial charge in [0.25, 0.3) is 10.0 Å². The van der Waals surface area contributed by atoms with Gasteiger partial charge in [-0.3, -0.25) is 9.52 Å². The van der Waals surface area contributed by atoms with Crippen molar-refractivity contribution in [2.24, 2.45) is 0 Å². The SMILES string of the molecule is Cc1ccc(C)c(NS(=O)(=O)c2ccc3c4c(cccc24)C(=O)S3)c1. The number of anilines is 1. The average Bonchev–Trinajstić information content (AvgIpc) is 2.89. The van der Waals surface area contributed by atoms with Gasteiger partial charge in [-0.2, -0.15) is 0 Å². The fraction of sp³-hybridized carbons (Fsp3) is 0.105. The Morgan fingerprint density at radius 2 is 1.80 bits per heavy atom. The maximum Gasteiger partial charge on any atom is 0.262 e. The molecule has 0 atom stereocenters. The van der Waals surface area contributed by atoms with E-state index in [9.17, 15) is 13.2 Å². The van der Waals surface area contributed by atoms with Crippen LogP contribution in [0.25, 0.3) is 10.8 Å². The minimum Gasteiger partial charge on any atom is -0.281 e. The Kier molecular flexibility index (Phi) is 3.63. The highest BCUT2D eigenvalue weighted by molar-refractivity contribution is 8.14. The van der Waals surface area contributed by atoms with Crippen molar-refractivity contribution >= 4 is 43.4 Å². The fourth-order valence-corrected chi connectivity index (χ4v) is 5.30. The van der Waals surface area contributed by atoms with E-state index in [1.54, 1.807) is 30.3 Å². The summed E-state index contributed by atoms with van der Waals surface area (Å²) < 4.78 is 28.7. The Morgan fingerprint density at radius 1 is 1.00 bits per heavy atom. The summed E-state index contributed by atoms with van der Waals surface area (Å²) in [5.74, 6) is 0. The second kappa shape index (κ2) is 5.61. The summed E-state index contributed by atoms with van der Waals surface area (Å²) in [6, 6.07) is 14.1. The van der Waals surface area contributed by atoms with Crippen LogP contribution in [0.1, 0.15) is 21.5 Å². The number of hydrogen-bond donors (Lipinski definition) is 1. The van der Waals surface area contributed by atoms with Gasteiger partial charge in [-0.15, -0.1) is 0 Å². The van der Waals surface area contributed by atoms with Crippen molar-refractivity contribution in [3.63, 3.8) is 0 Å². The molecule has 4 rings (SSSR count). The Bertz CT molecular complexity index is 1150. The van der Waals surface area contributed by atoms with E-state index >= 15 is 0 Å². The van der Waals surface area contributed by atoms with Gasteiger partial charge in [0, 0.05) is 21.2 Å². The zero-order valence-electron chi connectivity index (χ0n) is 13.7. The maximum absolute atomic E-state index is 13.0. The first-order valence-electron chi connectivity index (χ1n) is 7.75. The fourth-order valence-electron chi connectivity index (χ4n) is 3.04. The quantitative estimate of drug-likeness (QED) is 0.738. The molecule has 1 aliphatic rings. The summed E-state index contributed by atoms with van der Waals surface area (Å²) in [6.07, 6.45) is 0. The highest BCUT2D eigenvalue weighted by Gasteiger charge is 2.27. The first-order chi connectivity index (χ1) is 11.9. The summed E-state index contributed by atoms with van der Waals surface area (Å²) in [4.78, 5) is 13.1. The van der Waals surface area contributed by atoms with Crippen LogP contribution < -0.4 is 4.72 Å². The summed E-state index contributed by atoms with van der Waals surface area (Å²) >= 11 is 1.14. The third-order valence-corrected chi connectivity index (χ3v) is 6.70. The molecule has 3 aromatic carbocycles. The average molecular weight is 369 g/mol. The molecule has 0 radical (unpaired) electrons. The molecule has 0 spiro atoms. The molecule has 0 saturated carbocycles. The predicted molar refractivity (Wildman–Crippen MR) is 101 cm³/mol. The number of carbonyl (C=O) groups is 1. The number of aryl methyl sites for hydroxylation is 2. The van der Waals surface area contributed by atoms with Gasteiger partial charge in [0.05, 0.1) is 10.6 Å². The summed E-state index contributed by atoms with van der Waals surface area (Å²) in [5.41, 5.74) is 2.96. The van der Waals surface area contributed by atoms with Gasteiger partial charge in [0.1, 0.15) is 0 Å². The molecule has 0 unspecified atom stereocenters. The molecule has 1 aliphatic heterocycles. The van der Waals surface area contributed by atoms with Crippen molar-refractivity contribution < 1.29 is 13.2 Å². The van der Waals surface area contributed by atoms with Crippen LogP contribution in [-0.2, 0) is 10.0 Å². The van der Waals surface area contributed by atoms with Crippen LogP contribution in [0.3, 0.4) is 0 Å². The van der Waals surface area contributed by atoms with E-state index in [2.05, 4.69) is 4.72 Å². The first-order valence-corrected chi connectivity index (χ1v) is 10.0. The van der Waals surface area contributed by atoms with Crippen LogP contribution in [0.4, 0.5) is 5.69 Å². The lowest BCUT2D eigenvalue weighted by Crippen LogP contribution is -2.14. The summed E-state index contributed by atoms with van der Waals surface area (Å²) in [5, 5.41) is 1.25. The largest absolute Gasteiger partial charge is 0.281 e. The van der Waals surface area contributed by atoms with Gasteiger partial charge in [-0.05, 0) is 61.0 Å². The maximum atomic E-state index is 13.0. The number of carbonyl (C=O) groups excluding carboxylic acids is 1. The molecular weight excluding hydrogens is 354 g/mol. The van der Waals surface area contributed by atoms with Crippen LogP contribution >= 0.6 is 11.8 Å². The van der Waals surface area contributed by atoms with E-state index in [-0.39, 0.29) is 10.0 Å². The minimum absolute atomic E-state index is 0.0439. The Balaban J connectivity index is 1.89. The molecule has 0 amide bonds. The predicted octanol–water partition coefficient (Wildman–Crippen LogP) is 4.50. The van der Waals surface area contributed by atoms with Crippen molar-refractivity contribution in [2.45, 2.75) is 23.6 Å². The lowest BCUT2D eigenvalue weighted by Gasteiger charge is -2.13. The van der Waals surface area contributed by atoms with E-state index in [1.165, 1.54) is 0 Å².